The third-order valence-corrected chi connectivity index (χ3v) is 6.25. The van der Waals surface area contributed by atoms with Crippen molar-refractivity contribution in [2.75, 3.05) is 6.16 Å². The molecule has 1 heterocycles. The van der Waals surface area contributed by atoms with Gasteiger partial charge in [0.25, 0.3) is 0 Å². The molecule has 2 aliphatic carbocycles. The van der Waals surface area contributed by atoms with E-state index in [9.17, 15) is 0 Å². The molecule has 0 aromatic rings. The molecule has 1 spiro atoms. The maximum Gasteiger partial charge on any atom is -0.00971 e. The molecule has 1 aliphatic heterocycles. The molecule has 9 heavy (non-hydrogen) atoms. The van der Waals surface area contributed by atoms with Crippen LogP contribution in [0, 0.1) is 11.3 Å². The smallest absolute Gasteiger partial charge is 0.00971 e. The van der Waals surface area contributed by atoms with Gasteiger partial charge in [0.1, 0.15) is 0 Å². The van der Waals surface area contributed by atoms with Crippen LogP contribution in [0.25, 0.3) is 0 Å². The quantitative estimate of drug-likeness (QED) is 0.509. The van der Waals surface area contributed by atoms with Crippen molar-refractivity contribution in [3.05, 3.63) is 0 Å². The highest BCUT2D eigenvalue weighted by Crippen LogP contribution is 2.89. The maximum absolute atomic E-state index is 2.91. The minimum Gasteiger partial charge on any atom is -0.137 e. The Morgan fingerprint density at radius 2 is 2.33 bits per heavy atom. The van der Waals surface area contributed by atoms with Crippen LogP contribution >= 0.6 is 17.8 Å². The zero-order valence-corrected chi connectivity index (χ0v) is 7.59. The summed E-state index contributed by atoms with van der Waals surface area (Å²) in [6.07, 6.45) is 4.52. The van der Waals surface area contributed by atoms with Crippen LogP contribution in [-0.4, -0.2) is 17.5 Å². The van der Waals surface area contributed by atoms with Crippen LogP contribution in [0.5, 0.6) is 0 Å². The topological polar surface area (TPSA) is 0 Å². The SMILES string of the molecule is PC[C@H]1CCC12C1PC12. The number of rotatable bonds is 1. The molecule has 0 aromatic carbocycles. The molecule has 0 amide bonds. The Labute approximate surface area is 60.2 Å². The Bertz CT molecular complexity index is 156. The van der Waals surface area contributed by atoms with Gasteiger partial charge in [0.2, 0.25) is 0 Å². The second-order valence-corrected chi connectivity index (χ2v) is 5.75. The third-order valence-electron chi connectivity index (χ3n) is 3.60. The zero-order valence-electron chi connectivity index (χ0n) is 5.43. The highest BCUT2D eigenvalue weighted by atomic mass is 31.1. The van der Waals surface area contributed by atoms with Gasteiger partial charge in [0, 0.05) is 0 Å². The van der Waals surface area contributed by atoms with Crippen molar-refractivity contribution in [2.24, 2.45) is 11.3 Å². The fourth-order valence-corrected chi connectivity index (χ4v) is 5.49. The molecular formula is C7H12P2. The summed E-state index contributed by atoms with van der Waals surface area (Å²) in [5.41, 5.74) is 3.51. The van der Waals surface area contributed by atoms with Gasteiger partial charge in [-0.15, -0.1) is 17.8 Å². The Balaban J connectivity index is 1.80. The second-order valence-electron chi connectivity index (χ2n) is 3.71. The van der Waals surface area contributed by atoms with Gasteiger partial charge < -0.3 is 0 Å². The van der Waals surface area contributed by atoms with E-state index in [1.807, 2.05) is 0 Å². The van der Waals surface area contributed by atoms with Crippen molar-refractivity contribution in [3.8, 4) is 0 Å². The Morgan fingerprint density at radius 1 is 1.56 bits per heavy atom. The number of hydrogen-bond donors (Lipinski definition) is 0. The normalized spacial score (nSPS) is 69.7. The summed E-state index contributed by atoms with van der Waals surface area (Å²) in [5, 5.41) is 0. The molecule has 0 bridgehead atoms. The van der Waals surface area contributed by atoms with Crippen molar-refractivity contribution >= 4 is 17.8 Å². The van der Waals surface area contributed by atoms with Crippen LogP contribution < -0.4 is 0 Å². The first-order valence-electron chi connectivity index (χ1n) is 3.86. The molecule has 0 nitrogen and oxygen atoms in total. The fraction of sp³-hybridized carbons (Fsp3) is 1.00. The van der Waals surface area contributed by atoms with Gasteiger partial charge in [-0.05, 0) is 41.7 Å². The summed E-state index contributed by atoms with van der Waals surface area (Å²) < 4.78 is 0. The molecule has 0 aromatic heterocycles. The Kier molecular flexibility index (Phi) is 0.849. The van der Waals surface area contributed by atoms with Crippen LogP contribution in [0.2, 0.25) is 0 Å². The molecule has 3 rings (SSSR count). The minimum atomic E-state index is 0.986. The van der Waals surface area contributed by atoms with Crippen LogP contribution in [0.15, 0.2) is 0 Å². The molecule has 0 N–H and O–H groups in total. The van der Waals surface area contributed by atoms with Crippen molar-refractivity contribution in [1.29, 1.82) is 0 Å². The highest BCUT2D eigenvalue weighted by molar-refractivity contribution is 7.52. The van der Waals surface area contributed by atoms with Gasteiger partial charge in [-0.25, -0.2) is 0 Å². The summed E-state index contributed by atoms with van der Waals surface area (Å²) in [5.74, 6) is 1.14. The van der Waals surface area contributed by atoms with E-state index in [0.29, 0.717) is 0 Å². The second kappa shape index (κ2) is 1.39. The van der Waals surface area contributed by atoms with Gasteiger partial charge >= 0.3 is 0 Å². The van der Waals surface area contributed by atoms with E-state index in [0.717, 1.165) is 11.3 Å². The molecule has 2 saturated carbocycles. The van der Waals surface area contributed by atoms with E-state index in [1.165, 1.54) is 26.1 Å². The first kappa shape index (κ1) is 5.50. The summed E-state index contributed by atoms with van der Waals surface area (Å²) in [7, 11) is 4.31. The van der Waals surface area contributed by atoms with E-state index in [-0.39, 0.29) is 0 Å². The lowest BCUT2D eigenvalue weighted by Gasteiger charge is -2.41. The molecule has 4 atom stereocenters. The first-order chi connectivity index (χ1) is 4.39. The molecule has 0 radical (unpaired) electrons. The summed E-state index contributed by atoms with van der Waals surface area (Å²) in [4.78, 5) is 0. The molecular weight excluding hydrogens is 146 g/mol. The van der Waals surface area contributed by atoms with Gasteiger partial charge in [0.05, 0.1) is 0 Å². The standard InChI is InChI=1S/C7H12P2/c8-3-4-1-2-7(4)5-6(7)9-5/h4-6,9H,1-3,8H2/t4-,5?,6?,7?/m1/s1. The summed E-state index contributed by atoms with van der Waals surface area (Å²) in [6, 6.07) is 0. The van der Waals surface area contributed by atoms with Crippen molar-refractivity contribution in [2.45, 2.75) is 24.2 Å². The van der Waals surface area contributed by atoms with Gasteiger partial charge in [0.15, 0.2) is 0 Å². The van der Waals surface area contributed by atoms with Crippen LogP contribution in [0.4, 0.5) is 0 Å². The predicted octanol–water partition coefficient (Wildman–Crippen LogP) is 1.70. The van der Waals surface area contributed by atoms with Gasteiger partial charge in [-0.3, -0.25) is 0 Å². The highest BCUT2D eigenvalue weighted by Gasteiger charge is 2.81. The number of fused-ring (bicyclic) bond motifs is 3. The lowest BCUT2D eigenvalue weighted by molar-refractivity contribution is 0.170. The van der Waals surface area contributed by atoms with E-state index < -0.39 is 0 Å². The third kappa shape index (κ3) is 0.438. The van der Waals surface area contributed by atoms with Crippen LogP contribution in [0.1, 0.15) is 12.8 Å². The predicted molar refractivity (Wildman–Crippen MR) is 45.6 cm³/mol. The van der Waals surface area contributed by atoms with Crippen LogP contribution in [0.3, 0.4) is 0 Å². The van der Waals surface area contributed by atoms with E-state index in [2.05, 4.69) is 9.24 Å². The van der Waals surface area contributed by atoms with Gasteiger partial charge in [-0.1, -0.05) is 0 Å². The molecule has 3 aliphatic rings. The Morgan fingerprint density at radius 3 is 2.44 bits per heavy atom. The largest absolute Gasteiger partial charge is 0.137 e. The van der Waals surface area contributed by atoms with Crippen molar-refractivity contribution in [3.63, 3.8) is 0 Å². The lowest BCUT2D eigenvalue weighted by atomic mass is 9.71. The summed E-state index contributed by atoms with van der Waals surface area (Å²) >= 11 is 0. The summed E-state index contributed by atoms with van der Waals surface area (Å²) in [6.45, 7) is 0. The monoisotopic (exact) mass is 158 g/mol. The average molecular weight is 158 g/mol. The maximum atomic E-state index is 2.91. The molecule has 1 saturated heterocycles. The Hall–Kier alpha value is 0.860. The minimum absolute atomic E-state index is 0.986. The van der Waals surface area contributed by atoms with E-state index >= 15 is 0 Å². The van der Waals surface area contributed by atoms with Crippen LogP contribution in [-0.2, 0) is 0 Å². The van der Waals surface area contributed by atoms with Crippen molar-refractivity contribution in [1.82, 2.24) is 0 Å². The van der Waals surface area contributed by atoms with E-state index in [4.69, 9.17) is 0 Å². The zero-order chi connectivity index (χ0) is 6.06. The van der Waals surface area contributed by atoms with E-state index in [1.54, 1.807) is 12.8 Å². The molecule has 50 valence electrons. The van der Waals surface area contributed by atoms with Crippen molar-refractivity contribution < 1.29 is 0 Å². The lowest BCUT2D eigenvalue weighted by Crippen LogP contribution is -2.35. The molecule has 3 unspecified atom stereocenters. The fourth-order valence-electron chi connectivity index (χ4n) is 2.65. The first-order valence-corrected chi connectivity index (χ1v) is 5.83. The molecule has 2 heteroatoms. The van der Waals surface area contributed by atoms with Gasteiger partial charge in [-0.2, -0.15) is 0 Å². The number of hydrogen-bond acceptors (Lipinski definition) is 0. The molecule has 3 fully saturated rings. The average Bonchev–Trinajstić information content (AvgIpc) is 2.44.